The van der Waals surface area contributed by atoms with Gasteiger partial charge in [0, 0.05) is 0 Å². The van der Waals surface area contributed by atoms with Crippen LogP contribution in [0.25, 0.3) is 16.7 Å². The molecule has 0 bridgehead atoms. The maximum atomic E-state index is 12.5. The van der Waals surface area contributed by atoms with Gasteiger partial charge in [0.05, 0.1) is 24.1 Å². The number of hydrogen-bond acceptors (Lipinski definition) is 6. The number of aromatic nitrogens is 2. The molecule has 0 saturated heterocycles. The number of nitrogens with zero attached hydrogens (tertiary/aromatic N) is 2. The number of rotatable bonds is 2. The Hall–Kier alpha value is -2.83. The van der Waals surface area contributed by atoms with Gasteiger partial charge in [0.1, 0.15) is 6.61 Å². The third-order valence-electron chi connectivity index (χ3n) is 3.31. The molecular formula is C15H14N2O5. The second kappa shape index (κ2) is 5.51. The molecule has 2 aromatic rings. The summed E-state index contributed by atoms with van der Waals surface area (Å²) in [6, 6.07) is 6.88. The van der Waals surface area contributed by atoms with Crippen LogP contribution in [0, 0.1) is 0 Å². The summed E-state index contributed by atoms with van der Waals surface area (Å²) >= 11 is 0. The number of carbonyl (C=O) groups excluding carboxylic acids is 1. The van der Waals surface area contributed by atoms with Gasteiger partial charge in [-0.1, -0.05) is 12.1 Å². The molecule has 0 radical (unpaired) electrons. The lowest BCUT2D eigenvalue weighted by atomic mass is 10.2. The van der Waals surface area contributed by atoms with Crippen molar-refractivity contribution in [3.05, 3.63) is 46.2 Å². The van der Waals surface area contributed by atoms with Gasteiger partial charge in [0.2, 0.25) is 11.5 Å². The monoisotopic (exact) mass is 302 g/mol. The van der Waals surface area contributed by atoms with E-state index < -0.39 is 11.7 Å². The van der Waals surface area contributed by atoms with Crippen molar-refractivity contribution in [2.45, 2.75) is 13.5 Å². The lowest BCUT2D eigenvalue weighted by Crippen LogP contribution is -2.31. The third-order valence-corrected chi connectivity index (χ3v) is 3.31. The topological polar surface area (TPSA) is 90.7 Å². The largest absolute Gasteiger partial charge is 0.499 e. The molecule has 0 spiro atoms. The molecule has 0 unspecified atom stereocenters. The minimum atomic E-state index is -0.909. The molecule has 1 aliphatic heterocycles. The number of aliphatic hydroxyl groups excluding tert-OH is 1. The predicted octanol–water partition coefficient (Wildman–Crippen LogP) is 1.22. The highest BCUT2D eigenvalue weighted by Crippen LogP contribution is 2.23. The van der Waals surface area contributed by atoms with Crippen LogP contribution in [0.4, 0.5) is 0 Å². The molecule has 0 aliphatic carbocycles. The van der Waals surface area contributed by atoms with Crippen molar-refractivity contribution in [1.82, 2.24) is 9.55 Å². The minimum Gasteiger partial charge on any atom is -0.499 e. The molecule has 114 valence electrons. The van der Waals surface area contributed by atoms with Crippen LogP contribution in [0.5, 0.6) is 0 Å². The molecule has 1 aromatic carbocycles. The van der Waals surface area contributed by atoms with E-state index in [1.54, 1.807) is 31.2 Å². The standard InChI is InChI=1S/C15H14N2O5/c1-2-21-15(20)11(18)12-13-16-10-6-4-3-5-9(10)14(19)17(13)7-8-22-12/h3-6,18H,2,7-8H2,1H3/b12-11+. The van der Waals surface area contributed by atoms with Crippen molar-refractivity contribution >= 4 is 22.6 Å². The van der Waals surface area contributed by atoms with Gasteiger partial charge in [-0.25, -0.2) is 9.78 Å². The molecule has 1 N–H and O–H groups in total. The van der Waals surface area contributed by atoms with Crippen LogP contribution >= 0.6 is 0 Å². The van der Waals surface area contributed by atoms with E-state index in [4.69, 9.17) is 9.47 Å². The summed E-state index contributed by atoms with van der Waals surface area (Å²) in [5.41, 5.74) is 0.233. The SMILES string of the molecule is CCOC(=O)/C(O)=C1\OCCn2c1nc1ccccc1c2=O. The highest BCUT2D eigenvalue weighted by Gasteiger charge is 2.27. The van der Waals surface area contributed by atoms with Gasteiger partial charge in [-0.3, -0.25) is 9.36 Å². The number of carbonyl (C=O) groups is 1. The van der Waals surface area contributed by atoms with E-state index >= 15 is 0 Å². The first kappa shape index (κ1) is 14.1. The van der Waals surface area contributed by atoms with Gasteiger partial charge in [0.15, 0.2) is 5.82 Å². The molecule has 22 heavy (non-hydrogen) atoms. The average molecular weight is 302 g/mol. The van der Waals surface area contributed by atoms with E-state index in [1.165, 1.54) is 4.57 Å². The number of benzene rings is 1. The number of para-hydroxylation sites is 1. The molecule has 7 heteroatoms. The number of hydrogen-bond donors (Lipinski definition) is 1. The van der Waals surface area contributed by atoms with Crippen LogP contribution in [0.2, 0.25) is 0 Å². The number of esters is 1. The summed E-state index contributed by atoms with van der Waals surface area (Å²) in [5, 5.41) is 10.5. The quantitative estimate of drug-likeness (QED) is 0.509. The van der Waals surface area contributed by atoms with E-state index in [9.17, 15) is 14.7 Å². The smallest absolute Gasteiger partial charge is 0.377 e. The Morgan fingerprint density at radius 1 is 1.45 bits per heavy atom. The Morgan fingerprint density at radius 2 is 2.23 bits per heavy atom. The van der Waals surface area contributed by atoms with Crippen LogP contribution in [-0.2, 0) is 20.8 Å². The maximum Gasteiger partial charge on any atom is 0.377 e. The molecule has 0 saturated carbocycles. The average Bonchev–Trinajstić information content (AvgIpc) is 2.54. The summed E-state index contributed by atoms with van der Waals surface area (Å²) < 4.78 is 11.5. The minimum absolute atomic E-state index is 0.119. The molecule has 0 amide bonds. The van der Waals surface area contributed by atoms with Gasteiger partial charge >= 0.3 is 5.97 Å². The van der Waals surface area contributed by atoms with Crippen molar-refractivity contribution in [3.63, 3.8) is 0 Å². The van der Waals surface area contributed by atoms with Crippen molar-refractivity contribution in [2.75, 3.05) is 13.2 Å². The van der Waals surface area contributed by atoms with Crippen molar-refractivity contribution < 1.29 is 19.4 Å². The summed E-state index contributed by atoms with van der Waals surface area (Å²) in [6.45, 7) is 2.20. The zero-order valence-electron chi connectivity index (χ0n) is 11.9. The van der Waals surface area contributed by atoms with E-state index in [-0.39, 0.29) is 30.4 Å². The van der Waals surface area contributed by atoms with E-state index in [2.05, 4.69) is 4.98 Å². The van der Waals surface area contributed by atoms with Crippen LogP contribution < -0.4 is 5.56 Å². The molecule has 1 aromatic heterocycles. The fourth-order valence-electron chi connectivity index (χ4n) is 2.32. The lowest BCUT2D eigenvalue weighted by molar-refractivity contribution is -0.141. The Morgan fingerprint density at radius 3 is 3.00 bits per heavy atom. The predicted molar refractivity (Wildman–Crippen MR) is 78.1 cm³/mol. The van der Waals surface area contributed by atoms with Crippen LogP contribution in [-0.4, -0.2) is 33.8 Å². The van der Waals surface area contributed by atoms with E-state index in [1.807, 2.05) is 0 Å². The van der Waals surface area contributed by atoms with E-state index in [0.717, 1.165) is 0 Å². The lowest BCUT2D eigenvalue weighted by Gasteiger charge is -2.22. The summed E-state index contributed by atoms with van der Waals surface area (Å²) in [4.78, 5) is 28.5. The Labute approximate surface area is 125 Å². The first-order valence-electron chi connectivity index (χ1n) is 6.86. The molecule has 0 atom stereocenters. The molecule has 3 rings (SSSR count). The Balaban J connectivity index is 2.24. The first-order valence-corrected chi connectivity index (χ1v) is 6.86. The zero-order valence-corrected chi connectivity index (χ0v) is 11.9. The molecular weight excluding hydrogens is 288 g/mol. The van der Waals surface area contributed by atoms with Gasteiger partial charge in [0.25, 0.3) is 5.56 Å². The van der Waals surface area contributed by atoms with Crippen molar-refractivity contribution in [3.8, 4) is 0 Å². The number of ether oxygens (including phenoxy) is 2. The van der Waals surface area contributed by atoms with Crippen molar-refractivity contribution in [2.24, 2.45) is 0 Å². The molecule has 0 fully saturated rings. The van der Waals surface area contributed by atoms with Gasteiger partial charge < -0.3 is 14.6 Å². The van der Waals surface area contributed by atoms with E-state index in [0.29, 0.717) is 17.4 Å². The third kappa shape index (κ3) is 2.20. The van der Waals surface area contributed by atoms with Crippen LogP contribution in [0.3, 0.4) is 0 Å². The Bertz CT molecular complexity index is 837. The van der Waals surface area contributed by atoms with Crippen LogP contribution in [0.1, 0.15) is 12.7 Å². The first-order chi connectivity index (χ1) is 10.6. The normalized spacial score (nSPS) is 15.9. The molecule has 1 aliphatic rings. The van der Waals surface area contributed by atoms with Crippen LogP contribution in [0.15, 0.2) is 34.8 Å². The molecule has 2 heterocycles. The fourth-order valence-corrected chi connectivity index (χ4v) is 2.32. The van der Waals surface area contributed by atoms with Gasteiger partial charge in [-0.05, 0) is 19.1 Å². The fraction of sp³-hybridized carbons (Fsp3) is 0.267. The zero-order chi connectivity index (χ0) is 15.7. The highest BCUT2D eigenvalue weighted by molar-refractivity contribution is 5.93. The Kier molecular flexibility index (Phi) is 3.54. The second-order valence-electron chi connectivity index (χ2n) is 4.66. The van der Waals surface area contributed by atoms with Crippen molar-refractivity contribution in [1.29, 1.82) is 0 Å². The summed E-state index contributed by atoms with van der Waals surface area (Å²) in [5.74, 6) is -1.60. The second-order valence-corrected chi connectivity index (χ2v) is 4.66. The summed E-state index contributed by atoms with van der Waals surface area (Å²) in [6.07, 6.45) is 0. The van der Waals surface area contributed by atoms with Gasteiger partial charge in [-0.2, -0.15) is 0 Å². The number of aliphatic hydroxyl groups is 1. The highest BCUT2D eigenvalue weighted by atomic mass is 16.5. The molecule has 7 nitrogen and oxygen atoms in total. The van der Waals surface area contributed by atoms with Gasteiger partial charge in [-0.15, -0.1) is 0 Å². The number of fused-ring (bicyclic) bond motifs is 2. The maximum absolute atomic E-state index is 12.5. The summed E-state index contributed by atoms with van der Waals surface area (Å²) in [7, 11) is 0.